The molecule has 0 saturated carbocycles. The van der Waals surface area contributed by atoms with Gasteiger partial charge in [-0.25, -0.2) is 4.98 Å². The second kappa shape index (κ2) is 11.0. The number of aromatic nitrogens is 2. The number of carbonyl (C=O) groups is 2. The normalized spacial score (nSPS) is 10.9. The minimum atomic E-state index is 0.0147. The molecule has 0 atom stereocenters. The van der Waals surface area contributed by atoms with Crippen LogP contribution in [-0.2, 0) is 17.8 Å². The summed E-state index contributed by atoms with van der Waals surface area (Å²) >= 11 is 0. The van der Waals surface area contributed by atoms with Crippen molar-refractivity contribution in [3.8, 4) is 5.75 Å². The molecule has 0 aliphatic carbocycles. The van der Waals surface area contributed by atoms with E-state index in [0.29, 0.717) is 44.8 Å². The van der Waals surface area contributed by atoms with Crippen molar-refractivity contribution in [1.29, 1.82) is 0 Å². The molecule has 0 saturated heterocycles. The van der Waals surface area contributed by atoms with E-state index in [1.807, 2.05) is 63.2 Å². The van der Waals surface area contributed by atoms with Crippen LogP contribution in [0.2, 0.25) is 0 Å². The van der Waals surface area contributed by atoms with Gasteiger partial charge < -0.3 is 19.1 Å². The molecule has 0 unspecified atom stereocenters. The smallest absolute Gasteiger partial charge is 0.253 e. The van der Waals surface area contributed by atoms with Gasteiger partial charge in [0.25, 0.3) is 5.91 Å². The summed E-state index contributed by atoms with van der Waals surface area (Å²) in [5.74, 6) is 1.79. The van der Waals surface area contributed by atoms with E-state index in [-0.39, 0.29) is 11.8 Å². The van der Waals surface area contributed by atoms with E-state index in [2.05, 4.69) is 4.57 Å². The molecule has 3 rings (SSSR count). The largest absolute Gasteiger partial charge is 0.494 e. The number of benzene rings is 2. The molecule has 1 aromatic heterocycles. The molecule has 7 nitrogen and oxygen atoms in total. The van der Waals surface area contributed by atoms with Gasteiger partial charge in [-0.05, 0) is 56.7 Å². The second-order valence-corrected chi connectivity index (χ2v) is 8.05. The molecule has 0 bridgehead atoms. The number of imidazole rings is 1. The van der Waals surface area contributed by atoms with E-state index >= 15 is 0 Å². The average molecular weight is 451 g/mol. The van der Waals surface area contributed by atoms with Crippen molar-refractivity contribution in [2.45, 2.75) is 40.7 Å². The third-order valence-corrected chi connectivity index (χ3v) is 5.92. The third kappa shape index (κ3) is 5.72. The lowest BCUT2D eigenvalue weighted by Crippen LogP contribution is -2.30. The van der Waals surface area contributed by atoms with E-state index in [9.17, 15) is 9.59 Å². The van der Waals surface area contributed by atoms with Gasteiger partial charge in [-0.3, -0.25) is 9.59 Å². The molecule has 7 heteroatoms. The minimum Gasteiger partial charge on any atom is -0.494 e. The predicted octanol–water partition coefficient (Wildman–Crippen LogP) is 3.99. The van der Waals surface area contributed by atoms with Crippen molar-refractivity contribution in [2.24, 2.45) is 0 Å². The van der Waals surface area contributed by atoms with Crippen LogP contribution in [0.15, 0.2) is 42.5 Å². The average Bonchev–Trinajstić information content (AvgIpc) is 3.15. The molecule has 0 N–H and O–H groups in total. The first-order chi connectivity index (χ1) is 15.9. The Morgan fingerprint density at radius 1 is 1.03 bits per heavy atom. The van der Waals surface area contributed by atoms with Crippen LogP contribution >= 0.6 is 0 Å². The van der Waals surface area contributed by atoms with Crippen LogP contribution < -0.4 is 4.74 Å². The Morgan fingerprint density at radius 2 is 1.73 bits per heavy atom. The fourth-order valence-corrected chi connectivity index (χ4v) is 3.85. The molecular formula is C26H34N4O3. The van der Waals surface area contributed by atoms with Crippen LogP contribution in [0.5, 0.6) is 5.75 Å². The van der Waals surface area contributed by atoms with Gasteiger partial charge in [0, 0.05) is 52.1 Å². The van der Waals surface area contributed by atoms with Crippen molar-refractivity contribution in [3.63, 3.8) is 0 Å². The molecule has 0 fully saturated rings. The molecule has 0 aliphatic heterocycles. The second-order valence-electron chi connectivity index (χ2n) is 8.05. The van der Waals surface area contributed by atoms with Gasteiger partial charge in [-0.1, -0.05) is 12.1 Å². The van der Waals surface area contributed by atoms with E-state index < -0.39 is 0 Å². The maximum Gasteiger partial charge on any atom is 0.253 e. The van der Waals surface area contributed by atoms with Crippen LogP contribution in [0.3, 0.4) is 0 Å². The van der Waals surface area contributed by atoms with Gasteiger partial charge >= 0.3 is 0 Å². The van der Waals surface area contributed by atoms with Crippen molar-refractivity contribution in [3.05, 3.63) is 59.4 Å². The fourth-order valence-electron chi connectivity index (χ4n) is 3.85. The van der Waals surface area contributed by atoms with Gasteiger partial charge in [0.05, 0.1) is 17.6 Å². The summed E-state index contributed by atoms with van der Waals surface area (Å²) in [6, 6.07) is 13.7. The van der Waals surface area contributed by atoms with Gasteiger partial charge in [-0.2, -0.15) is 0 Å². The maximum absolute atomic E-state index is 12.8. The topological polar surface area (TPSA) is 67.7 Å². The summed E-state index contributed by atoms with van der Waals surface area (Å²) in [6.45, 7) is 10.7. The summed E-state index contributed by atoms with van der Waals surface area (Å²) in [6.07, 6.45) is 0.643. The van der Waals surface area contributed by atoms with E-state index in [1.54, 1.807) is 23.8 Å². The van der Waals surface area contributed by atoms with E-state index in [1.165, 1.54) is 0 Å². The lowest BCUT2D eigenvalue weighted by molar-refractivity contribution is -0.127. The lowest BCUT2D eigenvalue weighted by atomic mass is 10.1. The van der Waals surface area contributed by atoms with Crippen molar-refractivity contribution in [1.82, 2.24) is 19.4 Å². The Balaban J connectivity index is 1.96. The predicted molar refractivity (Wildman–Crippen MR) is 131 cm³/mol. The number of carbonyl (C=O) groups excluding carboxylic acids is 2. The van der Waals surface area contributed by atoms with Crippen molar-refractivity contribution < 1.29 is 14.3 Å². The molecule has 2 aromatic carbocycles. The summed E-state index contributed by atoms with van der Waals surface area (Å²) in [5.41, 5.74) is 3.52. The third-order valence-electron chi connectivity index (χ3n) is 5.92. The molecule has 176 valence electrons. The quantitative estimate of drug-likeness (QED) is 0.468. The highest BCUT2D eigenvalue weighted by molar-refractivity contribution is 5.97. The number of likely N-dealkylation sites (N-methyl/N-ethyl adjacent to an activating group) is 1. The monoisotopic (exact) mass is 450 g/mol. The minimum absolute atomic E-state index is 0.0147. The Kier molecular flexibility index (Phi) is 8.09. The molecule has 2 amide bonds. The molecule has 33 heavy (non-hydrogen) atoms. The number of fused-ring (bicyclic) bond motifs is 1. The first-order valence-corrected chi connectivity index (χ1v) is 11.6. The Hall–Kier alpha value is -3.35. The number of hydrogen-bond acceptors (Lipinski definition) is 4. The van der Waals surface area contributed by atoms with E-state index in [0.717, 1.165) is 28.2 Å². The van der Waals surface area contributed by atoms with Crippen LogP contribution in [-0.4, -0.2) is 64.5 Å². The number of rotatable bonds is 10. The fraction of sp³-hybridized carbons (Fsp3) is 0.423. The molecule has 0 radical (unpaired) electrons. The van der Waals surface area contributed by atoms with Crippen LogP contribution in [0.1, 0.15) is 49.4 Å². The van der Waals surface area contributed by atoms with Crippen molar-refractivity contribution in [2.75, 3.05) is 33.3 Å². The summed E-state index contributed by atoms with van der Waals surface area (Å²) in [5, 5.41) is 0. The Morgan fingerprint density at radius 3 is 2.33 bits per heavy atom. The first kappa shape index (κ1) is 24.3. The summed E-state index contributed by atoms with van der Waals surface area (Å²) in [4.78, 5) is 33.0. The highest BCUT2D eigenvalue weighted by atomic mass is 16.5. The van der Waals surface area contributed by atoms with Crippen LogP contribution in [0.25, 0.3) is 11.0 Å². The number of nitrogens with zero attached hydrogens (tertiary/aromatic N) is 4. The van der Waals surface area contributed by atoms with Crippen LogP contribution in [0.4, 0.5) is 0 Å². The molecule has 3 aromatic rings. The van der Waals surface area contributed by atoms with Gasteiger partial charge in [0.1, 0.15) is 11.6 Å². The zero-order chi connectivity index (χ0) is 24.0. The SMILES string of the molecule is CCOc1ccc(Cc2nc3cc(C(=O)N(CC)CC)ccc3n2CCN(C)C(C)=O)cc1. The Bertz CT molecular complexity index is 1100. The van der Waals surface area contributed by atoms with Crippen LogP contribution in [0, 0.1) is 0 Å². The molecule has 0 aliphatic rings. The van der Waals surface area contributed by atoms with Gasteiger partial charge in [0.2, 0.25) is 5.91 Å². The lowest BCUT2D eigenvalue weighted by Gasteiger charge is -2.18. The summed E-state index contributed by atoms with van der Waals surface area (Å²) < 4.78 is 7.70. The molecular weight excluding hydrogens is 416 g/mol. The maximum atomic E-state index is 12.8. The summed E-state index contributed by atoms with van der Waals surface area (Å²) in [7, 11) is 1.80. The van der Waals surface area contributed by atoms with Crippen molar-refractivity contribution >= 4 is 22.8 Å². The Labute approximate surface area is 196 Å². The first-order valence-electron chi connectivity index (χ1n) is 11.6. The zero-order valence-corrected chi connectivity index (χ0v) is 20.3. The standard InChI is InChI=1S/C26H34N4O3/c1-6-29(7-2)26(32)21-11-14-24-23(18-21)27-25(30(24)16-15-28(5)19(4)31)17-20-9-12-22(13-10-20)33-8-3/h9-14,18H,6-8,15-17H2,1-5H3. The molecule has 1 heterocycles. The zero-order valence-electron chi connectivity index (χ0n) is 20.3. The van der Waals surface area contributed by atoms with E-state index in [4.69, 9.17) is 9.72 Å². The highest BCUT2D eigenvalue weighted by Gasteiger charge is 2.17. The molecule has 0 spiro atoms. The number of amides is 2. The number of ether oxygens (including phenoxy) is 1. The number of hydrogen-bond donors (Lipinski definition) is 0. The van der Waals surface area contributed by atoms with Gasteiger partial charge in [-0.15, -0.1) is 0 Å². The highest BCUT2D eigenvalue weighted by Crippen LogP contribution is 2.22. The van der Waals surface area contributed by atoms with Gasteiger partial charge in [0.15, 0.2) is 0 Å².